The van der Waals surface area contributed by atoms with Gasteiger partial charge < -0.3 is 18.6 Å². The van der Waals surface area contributed by atoms with Gasteiger partial charge in [0.25, 0.3) is 6.71 Å². The molecule has 0 saturated carbocycles. The first-order valence-corrected chi connectivity index (χ1v) is 24.8. The van der Waals surface area contributed by atoms with E-state index in [2.05, 4.69) is 224 Å². The number of anilines is 6. The molecule has 2 aliphatic heterocycles. The van der Waals surface area contributed by atoms with Gasteiger partial charge in [-0.2, -0.15) is 0 Å². The van der Waals surface area contributed by atoms with E-state index in [0.29, 0.717) is 0 Å². The maximum absolute atomic E-state index is 7.61. The lowest BCUT2D eigenvalue weighted by molar-refractivity contribution is 0.332. The van der Waals surface area contributed by atoms with Crippen molar-refractivity contribution in [1.29, 1.82) is 0 Å². The highest BCUT2D eigenvalue weighted by Gasteiger charge is 2.49. The zero-order valence-corrected chi connectivity index (χ0v) is 43.0. The molecule has 3 aliphatic rings. The molecule has 0 bridgehead atoms. The lowest BCUT2D eigenvalue weighted by Crippen LogP contribution is -2.61. The van der Waals surface area contributed by atoms with E-state index in [1.807, 2.05) is 0 Å². The lowest BCUT2D eigenvalue weighted by atomic mass is 9.35. The van der Waals surface area contributed by atoms with Crippen molar-refractivity contribution in [1.82, 2.24) is 0 Å². The lowest BCUT2D eigenvalue weighted by Gasteiger charge is -2.44. The number of furan rings is 2. The fraction of sp³-hybridized carbons (Fsp3) is 0.387. The summed E-state index contributed by atoms with van der Waals surface area (Å²) in [5.41, 5.74) is 21.0. The molecule has 4 nitrogen and oxygen atoms in total. The van der Waals surface area contributed by atoms with Crippen LogP contribution in [0.5, 0.6) is 0 Å². The van der Waals surface area contributed by atoms with E-state index in [1.165, 1.54) is 66.8 Å². The van der Waals surface area contributed by atoms with E-state index in [0.717, 1.165) is 63.1 Å². The number of rotatable bonds is 2. The smallest absolute Gasteiger partial charge is 0.297 e. The van der Waals surface area contributed by atoms with Crippen LogP contribution in [0.25, 0.3) is 32.9 Å². The van der Waals surface area contributed by atoms with Crippen molar-refractivity contribution in [2.75, 3.05) is 9.80 Å². The maximum atomic E-state index is 7.61. The first kappa shape index (κ1) is 43.9. The summed E-state index contributed by atoms with van der Waals surface area (Å²) in [6, 6.07) is 39.9. The second kappa shape index (κ2) is 14.0. The van der Waals surface area contributed by atoms with Crippen LogP contribution in [0.15, 0.2) is 112 Å². The van der Waals surface area contributed by atoms with Crippen molar-refractivity contribution in [2.24, 2.45) is 0 Å². The molecule has 2 aromatic heterocycles. The van der Waals surface area contributed by atoms with Gasteiger partial charge in [-0.3, -0.25) is 0 Å². The number of para-hydroxylation sites is 1. The molecule has 5 heteroatoms. The molecule has 0 amide bonds. The van der Waals surface area contributed by atoms with Crippen molar-refractivity contribution < 1.29 is 8.83 Å². The van der Waals surface area contributed by atoms with Crippen molar-refractivity contribution >= 4 is 90.3 Å². The molecule has 0 spiro atoms. The molecule has 4 heterocycles. The normalized spacial score (nSPS) is 16.7. The Balaban J connectivity index is 1.31. The van der Waals surface area contributed by atoms with Gasteiger partial charge in [0.05, 0.1) is 22.4 Å². The molecule has 0 saturated heterocycles. The molecular weight excluding hydrogens is 816 g/mol. The predicted octanol–water partition coefficient (Wildman–Crippen LogP) is 16.0. The molecule has 6 aromatic carbocycles. The highest BCUT2D eigenvalue weighted by atomic mass is 16.3. The summed E-state index contributed by atoms with van der Waals surface area (Å²) >= 11 is 0. The quantitative estimate of drug-likeness (QED) is 0.162. The van der Waals surface area contributed by atoms with Crippen LogP contribution < -0.4 is 26.4 Å². The molecular formula is C62H69BN2O2. The summed E-state index contributed by atoms with van der Waals surface area (Å²) in [6.07, 6.45) is 2.29. The summed E-state index contributed by atoms with van der Waals surface area (Å²) < 4.78 is 14.6. The predicted molar refractivity (Wildman–Crippen MR) is 288 cm³/mol. The fourth-order valence-corrected chi connectivity index (χ4v) is 11.7. The third-order valence-electron chi connectivity index (χ3n) is 15.9. The first-order valence-electron chi connectivity index (χ1n) is 24.8. The van der Waals surface area contributed by atoms with Crippen molar-refractivity contribution in [2.45, 2.75) is 156 Å². The molecule has 0 unspecified atom stereocenters. The van der Waals surface area contributed by atoms with Crippen molar-refractivity contribution in [3.8, 4) is 0 Å². The minimum absolute atomic E-state index is 0.0158. The SMILES string of the molecule is CC(C)(C)c1ccc(N2c3cc(C(C)(C)C)cc4c3B(c3cc(C(C)(C)C)ccc3N4c3ccc(C(C)(C)C)c4oc5ccccc5c34)c3oc4cc5c(cc4c32)C(C)(C)CCC5(C)C)cc1. The van der Waals surface area contributed by atoms with E-state index >= 15 is 0 Å². The summed E-state index contributed by atoms with van der Waals surface area (Å²) in [5.74, 6) is 0. The van der Waals surface area contributed by atoms with Crippen LogP contribution >= 0.6 is 0 Å². The van der Waals surface area contributed by atoms with Gasteiger partial charge in [-0.1, -0.05) is 159 Å². The number of nitrogens with zero attached hydrogens (tertiary/aromatic N) is 2. The van der Waals surface area contributed by atoms with Crippen LogP contribution in [0.2, 0.25) is 0 Å². The van der Waals surface area contributed by atoms with Crippen LogP contribution in [0.4, 0.5) is 34.1 Å². The Hall–Kier alpha value is -5.68. The van der Waals surface area contributed by atoms with E-state index in [4.69, 9.17) is 8.83 Å². The zero-order valence-electron chi connectivity index (χ0n) is 43.0. The largest absolute Gasteiger partial charge is 0.468 e. The van der Waals surface area contributed by atoms with Gasteiger partial charge >= 0.3 is 0 Å². The summed E-state index contributed by atoms with van der Waals surface area (Å²) in [5, 5.41) is 3.46. The van der Waals surface area contributed by atoms with Crippen molar-refractivity contribution in [3.05, 3.63) is 137 Å². The molecule has 11 rings (SSSR count). The second-order valence-corrected chi connectivity index (χ2v) is 25.8. The van der Waals surface area contributed by atoms with E-state index in [-0.39, 0.29) is 39.2 Å². The first-order chi connectivity index (χ1) is 31.2. The molecule has 67 heavy (non-hydrogen) atoms. The van der Waals surface area contributed by atoms with E-state index in [9.17, 15) is 0 Å². The van der Waals surface area contributed by atoms with Crippen LogP contribution in [-0.4, -0.2) is 6.71 Å². The third kappa shape index (κ3) is 6.60. The van der Waals surface area contributed by atoms with Gasteiger partial charge in [0.15, 0.2) is 0 Å². The summed E-state index contributed by atoms with van der Waals surface area (Å²) in [4.78, 5) is 5.16. The molecule has 0 atom stereocenters. The maximum Gasteiger partial charge on any atom is 0.297 e. The molecule has 8 aromatic rings. The van der Waals surface area contributed by atoms with E-state index < -0.39 is 0 Å². The zero-order chi connectivity index (χ0) is 47.7. The van der Waals surface area contributed by atoms with Gasteiger partial charge in [0.2, 0.25) is 0 Å². The highest BCUT2D eigenvalue weighted by Crippen LogP contribution is 2.54. The average molecular weight is 885 g/mol. The Morgan fingerprint density at radius 2 is 1.07 bits per heavy atom. The summed E-state index contributed by atoms with van der Waals surface area (Å²) in [6.45, 7) is 37.4. The van der Waals surface area contributed by atoms with Gasteiger partial charge in [-0.05, 0) is 139 Å². The Morgan fingerprint density at radius 3 is 1.70 bits per heavy atom. The van der Waals surface area contributed by atoms with Gasteiger partial charge in [-0.25, -0.2) is 0 Å². The topological polar surface area (TPSA) is 32.8 Å². The fourth-order valence-electron chi connectivity index (χ4n) is 11.7. The standard InChI is InChI=1S/C62H69BN2O2/c1-57(2,3)36-21-24-39(25-22-36)64-48-32-38(59(7,8)9)33-49-53(48)63(56-54(64)41-34-43-44(35-51(41)67-56)62(15,16)30-29-61(43,13)14)45-31-37(58(4,5)6)23-27-46(45)65(49)47-28-26-42(60(10,11)12)55-52(47)40-19-17-18-20-50(40)66-55/h17-28,31-35H,29-30H2,1-16H3. The number of fused-ring (bicyclic) bond motifs is 10. The molecule has 0 N–H and O–H groups in total. The molecule has 0 radical (unpaired) electrons. The Kier molecular flexibility index (Phi) is 9.14. The van der Waals surface area contributed by atoms with Gasteiger partial charge in [0, 0.05) is 39.1 Å². The molecule has 342 valence electrons. The van der Waals surface area contributed by atoms with Crippen LogP contribution in [0.3, 0.4) is 0 Å². The van der Waals surface area contributed by atoms with Crippen LogP contribution in [0, 0.1) is 0 Å². The number of hydrogen-bond donors (Lipinski definition) is 0. The van der Waals surface area contributed by atoms with E-state index in [1.54, 1.807) is 0 Å². The molecule has 0 fully saturated rings. The average Bonchev–Trinajstić information content (AvgIpc) is 3.82. The highest BCUT2D eigenvalue weighted by molar-refractivity contribution is 7.00. The van der Waals surface area contributed by atoms with Gasteiger partial charge in [0.1, 0.15) is 16.7 Å². The second-order valence-electron chi connectivity index (χ2n) is 25.8. The van der Waals surface area contributed by atoms with Gasteiger partial charge in [-0.15, -0.1) is 0 Å². The Morgan fingerprint density at radius 1 is 0.493 bits per heavy atom. The minimum Gasteiger partial charge on any atom is -0.468 e. The number of hydrogen-bond acceptors (Lipinski definition) is 4. The molecule has 1 aliphatic carbocycles. The minimum atomic E-state index is -0.163. The number of benzene rings is 6. The Bertz CT molecular complexity index is 3350. The van der Waals surface area contributed by atoms with Crippen molar-refractivity contribution in [3.63, 3.8) is 0 Å². The van der Waals surface area contributed by atoms with Crippen LogP contribution in [-0.2, 0) is 32.5 Å². The summed E-state index contributed by atoms with van der Waals surface area (Å²) in [7, 11) is 0. The Labute approximate surface area is 399 Å². The third-order valence-corrected chi connectivity index (χ3v) is 15.9. The monoisotopic (exact) mass is 885 g/mol. The van der Waals surface area contributed by atoms with Crippen LogP contribution in [0.1, 0.15) is 157 Å².